The Kier molecular flexibility index (Phi) is 4.50. The number of methoxy groups -OCH3 is 1. The highest BCUT2D eigenvalue weighted by molar-refractivity contribution is 5.81. The number of benzene rings is 2. The van der Waals surface area contributed by atoms with Crippen LogP contribution in [0, 0.1) is 6.20 Å². The predicted molar refractivity (Wildman–Crippen MR) is 108 cm³/mol. The highest BCUT2D eigenvalue weighted by atomic mass is 16.5. The Balaban J connectivity index is 1.67. The van der Waals surface area contributed by atoms with Crippen LogP contribution >= 0.6 is 0 Å². The quantitative estimate of drug-likeness (QED) is 0.552. The van der Waals surface area contributed by atoms with Gasteiger partial charge in [0.2, 0.25) is 0 Å². The molecule has 0 atom stereocenters. The Morgan fingerprint density at radius 2 is 2.04 bits per heavy atom. The Hall–Kier alpha value is -3.34. The van der Waals surface area contributed by atoms with E-state index in [9.17, 15) is 0 Å². The fourth-order valence-corrected chi connectivity index (χ4v) is 3.43. The highest BCUT2D eigenvalue weighted by Crippen LogP contribution is 2.35. The number of nitrogen functional groups attached to an aromatic ring is 1. The number of aryl methyl sites for hydroxylation is 3. The first kappa shape index (κ1) is 17.1. The van der Waals surface area contributed by atoms with Crippen molar-refractivity contribution in [3.63, 3.8) is 0 Å². The van der Waals surface area contributed by atoms with Crippen molar-refractivity contribution in [2.24, 2.45) is 7.05 Å². The Morgan fingerprint density at radius 1 is 1.15 bits per heavy atom. The van der Waals surface area contributed by atoms with E-state index in [2.05, 4.69) is 40.5 Å². The molecule has 0 bridgehead atoms. The molecule has 0 aliphatic heterocycles. The van der Waals surface area contributed by atoms with Crippen molar-refractivity contribution < 1.29 is 4.74 Å². The standard InChI is InChI=1S/C22H21N4O/c1-26-12-10-20(25-26)18-13-15(14-19(23)22(18)27-2)8-9-17-6-3-5-16-7-4-11-24-21(16)17/h3-7,10,12-14H,8-9,23H2,1-2H3. The van der Waals surface area contributed by atoms with Gasteiger partial charge in [-0.05, 0) is 48.2 Å². The number of hydrogen-bond donors (Lipinski definition) is 1. The van der Waals surface area contributed by atoms with Gasteiger partial charge in [0.15, 0.2) is 5.75 Å². The summed E-state index contributed by atoms with van der Waals surface area (Å²) in [7, 11) is 3.53. The maximum atomic E-state index is 6.26. The first-order valence-corrected chi connectivity index (χ1v) is 8.87. The van der Waals surface area contributed by atoms with Gasteiger partial charge in [-0.15, -0.1) is 0 Å². The average molecular weight is 357 g/mol. The Labute approximate surface area is 158 Å². The summed E-state index contributed by atoms with van der Waals surface area (Å²) in [6, 6.07) is 16.2. The normalized spacial score (nSPS) is 11.0. The summed E-state index contributed by atoms with van der Waals surface area (Å²) >= 11 is 0. The molecule has 0 saturated heterocycles. The van der Waals surface area contributed by atoms with Gasteiger partial charge in [-0.1, -0.05) is 24.3 Å². The van der Waals surface area contributed by atoms with E-state index in [0.717, 1.165) is 40.6 Å². The van der Waals surface area contributed by atoms with Crippen molar-refractivity contribution >= 4 is 16.6 Å². The fraction of sp³-hybridized carbons (Fsp3) is 0.182. The lowest BCUT2D eigenvalue weighted by molar-refractivity contribution is 0.418. The molecule has 5 nitrogen and oxygen atoms in total. The molecule has 0 aliphatic rings. The summed E-state index contributed by atoms with van der Waals surface area (Å²) in [6.07, 6.45) is 6.57. The van der Waals surface area contributed by atoms with Gasteiger partial charge < -0.3 is 10.5 Å². The van der Waals surface area contributed by atoms with Gasteiger partial charge in [0.25, 0.3) is 0 Å². The van der Waals surface area contributed by atoms with Gasteiger partial charge >= 0.3 is 0 Å². The number of fused-ring (bicyclic) bond motifs is 1. The van der Waals surface area contributed by atoms with Gasteiger partial charge in [0, 0.05) is 24.2 Å². The van der Waals surface area contributed by atoms with E-state index in [-0.39, 0.29) is 0 Å². The lowest BCUT2D eigenvalue weighted by atomic mass is 9.98. The number of hydrogen-bond acceptors (Lipinski definition) is 4. The lowest BCUT2D eigenvalue weighted by Crippen LogP contribution is -2.00. The second-order valence-corrected chi connectivity index (χ2v) is 6.57. The van der Waals surface area contributed by atoms with Crippen LogP contribution in [0.25, 0.3) is 22.2 Å². The Morgan fingerprint density at radius 3 is 2.81 bits per heavy atom. The third-order valence-electron chi connectivity index (χ3n) is 4.72. The van der Waals surface area contributed by atoms with Crippen LogP contribution in [0.5, 0.6) is 5.75 Å². The van der Waals surface area contributed by atoms with Gasteiger partial charge in [-0.2, -0.15) is 5.10 Å². The number of rotatable bonds is 5. The van der Waals surface area contributed by atoms with Crippen molar-refractivity contribution in [1.82, 2.24) is 14.8 Å². The summed E-state index contributed by atoms with van der Waals surface area (Å²) in [5.41, 5.74) is 12.0. The number of anilines is 1. The van der Waals surface area contributed by atoms with E-state index in [1.165, 1.54) is 5.56 Å². The third-order valence-corrected chi connectivity index (χ3v) is 4.72. The molecular formula is C22H21N4O. The van der Waals surface area contributed by atoms with Crippen molar-refractivity contribution in [1.29, 1.82) is 0 Å². The number of ether oxygens (including phenoxy) is 1. The minimum atomic E-state index is 0.625. The molecule has 4 rings (SSSR count). The van der Waals surface area contributed by atoms with Crippen molar-refractivity contribution in [3.05, 3.63) is 72.1 Å². The fourth-order valence-electron chi connectivity index (χ4n) is 3.43. The van der Waals surface area contributed by atoms with Crippen molar-refractivity contribution in [2.75, 3.05) is 12.8 Å². The average Bonchev–Trinajstić information content (AvgIpc) is 3.12. The molecule has 5 heteroatoms. The van der Waals surface area contributed by atoms with E-state index in [4.69, 9.17) is 10.5 Å². The zero-order valence-corrected chi connectivity index (χ0v) is 15.4. The number of aromatic nitrogens is 3. The van der Waals surface area contributed by atoms with Crippen LogP contribution < -0.4 is 10.5 Å². The maximum Gasteiger partial charge on any atom is 0.151 e. The molecule has 27 heavy (non-hydrogen) atoms. The summed E-state index contributed by atoms with van der Waals surface area (Å²) in [4.78, 5) is 4.42. The van der Waals surface area contributed by atoms with Gasteiger partial charge in [0.1, 0.15) is 0 Å². The molecule has 0 unspecified atom stereocenters. The van der Waals surface area contributed by atoms with Gasteiger partial charge in [-0.3, -0.25) is 4.68 Å². The SMILES string of the molecule is COc1c(N)cc(CCc2cccc3cc[c]nc23)cc1-c1ccn(C)n1. The smallest absolute Gasteiger partial charge is 0.151 e. The van der Waals surface area contributed by atoms with E-state index in [1.807, 2.05) is 37.5 Å². The Bertz CT molecular complexity index is 1100. The van der Waals surface area contributed by atoms with Gasteiger partial charge in [0.05, 0.1) is 30.2 Å². The molecule has 0 saturated carbocycles. The molecule has 135 valence electrons. The second kappa shape index (κ2) is 7.11. The molecule has 0 fully saturated rings. The summed E-state index contributed by atoms with van der Waals surface area (Å²) in [5, 5.41) is 5.63. The second-order valence-electron chi connectivity index (χ2n) is 6.57. The monoisotopic (exact) mass is 357 g/mol. The molecule has 0 aliphatic carbocycles. The van der Waals surface area contributed by atoms with E-state index in [0.29, 0.717) is 11.4 Å². The topological polar surface area (TPSA) is 66.0 Å². The number of nitrogens with two attached hydrogens (primary N) is 1. The van der Waals surface area contributed by atoms with E-state index in [1.54, 1.807) is 11.8 Å². The van der Waals surface area contributed by atoms with Crippen molar-refractivity contribution in [2.45, 2.75) is 12.8 Å². The largest absolute Gasteiger partial charge is 0.494 e. The molecular weight excluding hydrogens is 336 g/mol. The number of pyridine rings is 1. The summed E-state index contributed by atoms with van der Waals surface area (Å²) in [6.45, 7) is 0. The van der Waals surface area contributed by atoms with E-state index >= 15 is 0 Å². The molecule has 2 aromatic carbocycles. The minimum Gasteiger partial charge on any atom is -0.494 e. The summed E-state index contributed by atoms with van der Waals surface area (Å²) in [5.74, 6) is 0.666. The molecule has 2 N–H and O–H groups in total. The first-order chi connectivity index (χ1) is 13.2. The first-order valence-electron chi connectivity index (χ1n) is 8.87. The van der Waals surface area contributed by atoms with Crippen LogP contribution in [0.1, 0.15) is 11.1 Å². The van der Waals surface area contributed by atoms with E-state index < -0.39 is 0 Å². The van der Waals surface area contributed by atoms with Crippen LogP contribution in [0.3, 0.4) is 0 Å². The summed E-state index contributed by atoms with van der Waals surface area (Å²) < 4.78 is 7.30. The molecule has 0 amide bonds. The minimum absolute atomic E-state index is 0.625. The van der Waals surface area contributed by atoms with Crippen LogP contribution in [-0.2, 0) is 19.9 Å². The lowest BCUT2D eigenvalue weighted by Gasteiger charge is -2.13. The highest BCUT2D eigenvalue weighted by Gasteiger charge is 2.14. The number of nitrogens with zero attached hydrogens (tertiary/aromatic N) is 3. The van der Waals surface area contributed by atoms with Gasteiger partial charge in [-0.25, -0.2) is 4.98 Å². The van der Waals surface area contributed by atoms with Crippen molar-refractivity contribution in [3.8, 4) is 17.0 Å². The van der Waals surface area contributed by atoms with Crippen LogP contribution in [-0.4, -0.2) is 21.9 Å². The molecule has 4 aromatic rings. The van der Waals surface area contributed by atoms with Crippen LogP contribution in [0.4, 0.5) is 5.69 Å². The molecule has 2 aromatic heterocycles. The maximum absolute atomic E-state index is 6.26. The number of para-hydroxylation sites is 1. The predicted octanol–water partition coefficient (Wildman–Crippen LogP) is 3.81. The molecule has 1 radical (unpaired) electrons. The molecule has 0 spiro atoms. The third kappa shape index (κ3) is 3.36. The zero-order valence-electron chi connectivity index (χ0n) is 15.4. The van der Waals surface area contributed by atoms with Crippen LogP contribution in [0.15, 0.2) is 54.7 Å². The zero-order chi connectivity index (χ0) is 18.8. The van der Waals surface area contributed by atoms with Crippen LogP contribution in [0.2, 0.25) is 0 Å². The molecule has 2 heterocycles.